The summed E-state index contributed by atoms with van der Waals surface area (Å²) in [5.74, 6) is 0.829. The Hall–Kier alpha value is -4.60. The Morgan fingerprint density at radius 1 is 1.08 bits per heavy atom. The number of aromatic nitrogens is 6. The van der Waals surface area contributed by atoms with Crippen LogP contribution in [0.25, 0.3) is 33.5 Å². The molecule has 1 aliphatic rings. The second kappa shape index (κ2) is 10.6. The Labute approximate surface area is 224 Å². The highest BCUT2D eigenvalue weighted by Gasteiger charge is 2.16. The maximum atomic E-state index is 13.9. The van der Waals surface area contributed by atoms with Crippen molar-refractivity contribution in [1.29, 1.82) is 0 Å². The maximum Gasteiger partial charge on any atom is 0.271 e. The number of nitrogens with one attached hydrogen (secondary N) is 3. The van der Waals surface area contributed by atoms with Crippen molar-refractivity contribution in [3.05, 3.63) is 77.8 Å². The third-order valence-electron chi connectivity index (χ3n) is 7.16. The Morgan fingerprint density at radius 3 is 2.74 bits per heavy atom. The molecule has 1 fully saturated rings. The maximum absolute atomic E-state index is 13.9. The monoisotopic (exact) mass is 524 g/mol. The molecule has 3 N–H and O–H groups in total. The molecule has 10 heteroatoms. The number of H-pyrrole nitrogens is 2. The highest BCUT2D eigenvalue weighted by molar-refractivity contribution is 5.94. The summed E-state index contributed by atoms with van der Waals surface area (Å²) in [6.45, 7) is 4.23. The molecule has 5 aromatic rings. The fourth-order valence-corrected chi connectivity index (χ4v) is 5.05. The zero-order valence-corrected chi connectivity index (χ0v) is 21.7. The van der Waals surface area contributed by atoms with E-state index >= 15 is 0 Å². The van der Waals surface area contributed by atoms with Crippen LogP contribution in [0, 0.1) is 5.82 Å². The number of anilines is 1. The number of imidazole rings is 1. The molecule has 0 atom stereocenters. The predicted octanol–water partition coefficient (Wildman–Crippen LogP) is 5.03. The molecule has 6 rings (SSSR count). The molecule has 3 aromatic heterocycles. The van der Waals surface area contributed by atoms with Crippen LogP contribution in [-0.4, -0.2) is 49.1 Å². The fourth-order valence-electron chi connectivity index (χ4n) is 5.05. The average molecular weight is 525 g/mol. The van der Waals surface area contributed by atoms with E-state index in [0.29, 0.717) is 17.2 Å². The van der Waals surface area contributed by atoms with Crippen molar-refractivity contribution in [3.8, 4) is 22.6 Å². The summed E-state index contributed by atoms with van der Waals surface area (Å²) < 4.78 is 13.9. The summed E-state index contributed by atoms with van der Waals surface area (Å²) in [5.41, 5.74) is 5.30. The zero-order valence-electron chi connectivity index (χ0n) is 21.7. The van der Waals surface area contributed by atoms with Crippen molar-refractivity contribution in [2.45, 2.75) is 39.2 Å². The van der Waals surface area contributed by atoms with Gasteiger partial charge in [0.15, 0.2) is 5.82 Å². The molecule has 39 heavy (non-hydrogen) atoms. The smallest absolute Gasteiger partial charge is 0.271 e. The lowest BCUT2D eigenvalue weighted by atomic mass is 9.97. The van der Waals surface area contributed by atoms with Gasteiger partial charge in [0.05, 0.1) is 30.1 Å². The number of rotatable bonds is 7. The van der Waals surface area contributed by atoms with E-state index < -0.39 is 0 Å². The van der Waals surface area contributed by atoms with E-state index in [2.05, 4.69) is 47.3 Å². The summed E-state index contributed by atoms with van der Waals surface area (Å²) in [5, 5.41) is 11.3. The van der Waals surface area contributed by atoms with E-state index in [1.807, 2.05) is 24.3 Å². The molecule has 1 saturated heterocycles. The first-order chi connectivity index (χ1) is 19.1. The van der Waals surface area contributed by atoms with Crippen LogP contribution in [0.1, 0.15) is 47.9 Å². The van der Waals surface area contributed by atoms with Crippen molar-refractivity contribution in [3.63, 3.8) is 0 Å². The fraction of sp³-hybridized carbons (Fsp3) is 0.276. The quantitative estimate of drug-likeness (QED) is 0.275. The third-order valence-corrected chi connectivity index (χ3v) is 7.16. The first-order valence-electron chi connectivity index (χ1n) is 13.3. The van der Waals surface area contributed by atoms with Crippen molar-refractivity contribution in [1.82, 2.24) is 35.5 Å². The van der Waals surface area contributed by atoms with Crippen LogP contribution < -0.4 is 10.2 Å². The van der Waals surface area contributed by atoms with Gasteiger partial charge < -0.3 is 15.2 Å². The molecule has 198 valence electrons. The van der Waals surface area contributed by atoms with Gasteiger partial charge in [0.2, 0.25) is 0 Å². The van der Waals surface area contributed by atoms with Crippen molar-refractivity contribution >= 4 is 22.6 Å². The number of benzene rings is 2. The minimum atomic E-state index is -0.307. The number of halogens is 1. The van der Waals surface area contributed by atoms with Gasteiger partial charge in [-0.1, -0.05) is 19.1 Å². The topological polar surface area (TPSA) is 115 Å². The molecule has 0 aliphatic carbocycles. The average Bonchev–Trinajstić information content (AvgIpc) is 3.63. The molecule has 0 bridgehead atoms. The SMILES string of the molecule is CCc1ccc(F)cc1-c1ccc2c(-c3nc(CNC(=O)c4cnc(N5CCCCC5)cn4)c[nH]3)n[nH]c2c1. The molecule has 0 radical (unpaired) electrons. The number of piperidine rings is 1. The normalized spacial score (nSPS) is 13.6. The molecule has 0 saturated carbocycles. The number of carbonyl (C=O) groups is 1. The molecular weight excluding hydrogens is 495 g/mol. The van der Waals surface area contributed by atoms with E-state index in [1.54, 1.807) is 18.5 Å². The lowest BCUT2D eigenvalue weighted by molar-refractivity contribution is 0.0945. The van der Waals surface area contributed by atoms with Crippen LogP contribution >= 0.6 is 0 Å². The van der Waals surface area contributed by atoms with Crippen LogP contribution in [0.15, 0.2) is 55.0 Å². The highest BCUT2D eigenvalue weighted by atomic mass is 19.1. The highest BCUT2D eigenvalue weighted by Crippen LogP contribution is 2.31. The molecule has 2 aromatic carbocycles. The first-order valence-corrected chi connectivity index (χ1v) is 13.3. The van der Waals surface area contributed by atoms with Crippen molar-refractivity contribution in [2.75, 3.05) is 18.0 Å². The minimum Gasteiger partial charge on any atom is -0.355 e. The Balaban J connectivity index is 1.14. The van der Waals surface area contributed by atoms with Gasteiger partial charge in [0.1, 0.15) is 23.0 Å². The molecule has 0 spiro atoms. The van der Waals surface area contributed by atoms with Crippen LogP contribution in [-0.2, 0) is 13.0 Å². The Morgan fingerprint density at radius 2 is 1.95 bits per heavy atom. The van der Waals surface area contributed by atoms with Gasteiger partial charge in [-0.25, -0.2) is 19.3 Å². The van der Waals surface area contributed by atoms with Crippen molar-refractivity contribution < 1.29 is 9.18 Å². The summed E-state index contributed by atoms with van der Waals surface area (Å²) in [7, 11) is 0. The van der Waals surface area contributed by atoms with E-state index in [9.17, 15) is 9.18 Å². The first kappa shape index (κ1) is 24.7. The van der Waals surface area contributed by atoms with E-state index in [-0.39, 0.29) is 24.0 Å². The number of hydrogen-bond donors (Lipinski definition) is 3. The minimum absolute atomic E-state index is 0.233. The van der Waals surface area contributed by atoms with E-state index in [4.69, 9.17) is 0 Å². The predicted molar refractivity (Wildman–Crippen MR) is 148 cm³/mol. The van der Waals surface area contributed by atoms with Gasteiger partial charge in [-0.05, 0) is 66.6 Å². The van der Waals surface area contributed by atoms with Crippen LogP contribution in [0.4, 0.5) is 10.2 Å². The van der Waals surface area contributed by atoms with E-state index in [1.165, 1.54) is 18.7 Å². The van der Waals surface area contributed by atoms with Gasteiger partial charge >= 0.3 is 0 Å². The molecular formula is C29H29FN8O. The molecule has 4 heterocycles. The second-order valence-electron chi connectivity index (χ2n) is 9.72. The van der Waals surface area contributed by atoms with Crippen LogP contribution in [0.2, 0.25) is 0 Å². The largest absolute Gasteiger partial charge is 0.355 e. The molecule has 1 aliphatic heterocycles. The van der Waals surface area contributed by atoms with Gasteiger partial charge in [0.25, 0.3) is 5.91 Å². The molecule has 0 unspecified atom stereocenters. The van der Waals surface area contributed by atoms with Gasteiger partial charge in [-0.15, -0.1) is 0 Å². The summed E-state index contributed by atoms with van der Waals surface area (Å²) in [4.78, 5) is 31.3. The summed E-state index contributed by atoms with van der Waals surface area (Å²) >= 11 is 0. The number of hydrogen-bond acceptors (Lipinski definition) is 6. The number of aromatic amines is 2. The summed E-state index contributed by atoms with van der Waals surface area (Å²) in [6.07, 6.45) is 9.29. The zero-order chi connectivity index (χ0) is 26.8. The lowest BCUT2D eigenvalue weighted by Crippen LogP contribution is -2.30. The number of nitrogens with zero attached hydrogens (tertiary/aromatic N) is 5. The molecule has 1 amide bonds. The number of amides is 1. The van der Waals surface area contributed by atoms with Crippen LogP contribution in [0.5, 0.6) is 0 Å². The number of carbonyl (C=O) groups excluding carboxylic acids is 1. The molecule has 9 nitrogen and oxygen atoms in total. The summed E-state index contributed by atoms with van der Waals surface area (Å²) in [6, 6.07) is 10.8. The Kier molecular flexibility index (Phi) is 6.75. The van der Waals surface area contributed by atoms with Crippen molar-refractivity contribution in [2.24, 2.45) is 0 Å². The number of fused-ring (bicyclic) bond motifs is 1. The second-order valence-corrected chi connectivity index (χ2v) is 9.72. The Bertz CT molecular complexity index is 1620. The van der Waals surface area contributed by atoms with Gasteiger partial charge in [-0.3, -0.25) is 9.89 Å². The standard InChI is InChI=1S/C29H29FN8O/c1-2-18-6-8-20(30)13-23(18)19-7-9-22-24(12-19)36-37-27(22)28-33-14-21(35-28)15-34-29(39)25-16-32-26(17-31-25)38-10-4-3-5-11-38/h6-9,12-14,16-17H,2-5,10-11,15H2,1H3,(H,33,35)(H,34,39)(H,36,37). The van der Waals surface area contributed by atoms with Gasteiger partial charge in [0, 0.05) is 24.7 Å². The van der Waals surface area contributed by atoms with E-state index in [0.717, 1.165) is 65.8 Å². The van der Waals surface area contributed by atoms with Gasteiger partial charge in [-0.2, -0.15) is 5.10 Å². The number of aryl methyl sites for hydroxylation is 1. The van der Waals surface area contributed by atoms with Crippen LogP contribution in [0.3, 0.4) is 0 Å². The third kappa shape index (κ3) is 5.09. The lowest BCUT2D eigenvalue weighted by Gasteiger charge is -2.27.